The highest BCUT2D eigenvalue weighted by Crippen LogP contribution is 2.44. The number of halogens is 2. The maximum atomic E-state index is 11.1. The average Bonchev–Trinajstić information content (AvgIpc) is 3.17. The summed E-state index contributed by atoms with van der Waals surface area (Å²) in [7, 11) is 0. The molecule has 0 fully saturated rings. The zero-order valence-corrected chi connectivity index (χ0v) is 17.6. The molecule has 0 atom stereocenters. The van der Waals surface area contributed by atoms with Crippen LogP contribution in [0.25, 0.3) is 22.6 Å². The molecule has 1 heterocycles. The number of hydrogen-bond donors (Lipinski definition) is 2. The first kappa shape index (κ1) is 22.0. The van der Waals surface area contributed by atoms with Crippen molar-refractivity contribution >= 4 is 57.6 Å². The SMILES string of the molecule is O=[N+]([O-])c1cc(C=Nc2ccc3oc(-c4cccc(Cl)c4Cl)nc3c2)c(O)c([N+](=O)[O-])c1O. The van der Waals surface area contributed by atoms with Gasteiger partial charge < -0.3 is 14.6 Å². The minimum Gasteiger partial charge on any atom is -0.502 e. The summed E-state index contributed by atoms with van der Waals surface area (Å²) in [6.45, 7) is 0. The molecule has 0 saturated carbocycles. The van der Waals surface area contributed by atoms with Gasteiger partial charge in [0.25, 0.3) is 5.75 Å². The van der Waals surface area contributed by atoms with Crippen molar-refractivity contribution in [3.63, 3.8) is 0 Å². The van der Waals surface area contributed by atoms with Gasteiger partial charge in [0, 0.05) is 17.8 Å². The van der Waals surface area contributed by atoms with Gasteiger partial charge in [-0.2, -0.15) is 0 Å². The molecule has 3 aromatic carbocycles. The van der Waals surface area contributed by atoms with Gasteiger partial charge in [0.05, 0.1) is 31.1 Å². The second-order valence-corrected chi connectivity index (χ2v) is 7.36. The van der Waals surface area contributed by atoms with E-state index in [-0.39, 0.29) is 16.5 Å². The molecule has 4 aromatic rings. The molecule has 166 valence electrons. The Morgan fingerprint density at radius 1 is 1.03 bits per heavy atom. The molecule has 0 saturated heterocycles. The van der Waals surface area contributed by atoms with Crippen molar-refractivity contribution in [3.05, 3.63) is 78.3 Å². The lowest BCUT2D eigenvalue weighted by Crippen LogP contribution is -1.98. The Labute approximate surface area is 193 Å². The van der Waals surface area contributed by atoms with Gasteiger partial charge in [-0.3, -0.25) is 25.2 Å². The van der Waals surface area contributed by atoms with E-state index >= 15 is 0 Å². The van der Waals surface area contributed by atoms with Crippen LogP contribution in [0.3, 0.4) is 0 Å². The van der Waals surface area contributed by atoms with Crippen LogP contribution in [0.15, 0.2) is 51.9 Å². The third-order valence-electron chi connectivity index (χ3n) is 4.54. The Kier molecular flexibility index (Phi) is 5.58. The largest absolute Gasteiger partial charge is 0.502 e. The number of oxazole rings is 1. The first-order valence-corrected chi connectivity index (χ1v) is 9.69. The van der Waals surface area contributed by atoms with Crippen molar-refractivity contribution in [2.45, 2.75) is 0 Å². The third kappa shape index (κ3) is 4.02. The van der Waals surface area contributed by atoms with Crippen molar-refractivity contribution in [1.82, 2.24) is 4.98 Å². The quantitative estimate of drug-likeness (QED) is 0.202. The van der Waals surface area contributed by atoms with Crippen molar-refractivity contribution in [3.8, 4) is 23.0 Å². The number of nitro groups is 2. The van der Waals surface area contributed by atoms with E-state index in [4.69, 9.17) is 27.6 Å². The summed E-state index contributed by atoms with van der Waals surface area (Å²) >= 11 is 12.2. The Bertz CT molecular complexity index is 1480. The number of fused-ring (bicyclic) bond motifs is 1. The average molecular weight is 489 g/mol. The van der Waals surface area contributed by atoms with Crippen molar-refractivity contribution < 1.29 is 24.5 Å². The van der Waals surface area contributed by atoms with Gasteiger partial charge in [-0.25, -0.2) is 4.98 Å². The number of benzene rings is 3. The highest BCUT2D eigenvalue weighted by Gasteiger charge is 2.31. The Balaban J connectivity index is 1.74. The summed E-state index contributed by atoms with van der Waals surface area (Å²) in [6.07, 6.45) is 0.991. The van der Waals surface area contributed by atoms with Crippen LogP contribution < -0.4 is 0 Å². The summed E-state index contributed by atoms with van der Waals surface area (Å²) in [4.78, 5) is 28.6. The van der Waals surface area contributed by atoms with E-state index in [0.717, 1.165) is 12.3 Å². The van der Waals surface area contributed by atoms with E-state index in [1.807, 2.05) is 0 Å². The van der Waals surface area contributed by atoms with Gasteiger partial charge in [-0.1, -0.05) is 29.3 Å². The van der Waals surface area contributed by atoms with Gasteiger partial charge in [0.2, 0.25) is 11.6 Å². The van der Waals surface area contributed by atoms with E-state index < -0.39 is 32.7 Å². The number of aromatic nitrogens is 1. The number of aromatic hydroxyl groups is 2. The van der Waals surface area contributed by atoms with Crippen LogP contribution in [0.4, 0.5) is 17.1 Å². The molecule has 0 aliphatic rings. The molecule has 4 rings (SSSR count). The molecule has 0 spiro atoms. The van der Waals surface area contributed by atoms with E-state index in [0.29, 0.717) is 27.4 Å². The van der Waals surface area contributed by atoms with E-state index in [1.54, 1.807) is 24.3 Å². The lowest BCUT2D eigenvalue weighted by atomic mass is 10.1. The molecular formula is C20H10Cl2N4O7. The van der Waals surface area contributed by atoms with Crippen LogP contribution in [-0.2, 0) is 0 Å². The molecule has 0 aliphatic heterocycles. The van der Waals surface area contributed by atoms with Crippen LogP contribution in [0.1, 0.15) is 5.56 Å². The number of nitrogens with zero attached hydrogens (tertiary/aromatic N) is 4. The zero-order valence-electron chi connectivity index (χ0n) is 16.1. The lowest BCUT2D eigenvalue weighted by Gasteiger charge is -2.03. The highest BCUT2D eigenvalue weighted by molar-refractivity contribution is 6.43. The first-order valence-electron chi connectivity index (χ1n) is 8.94. The third-order valence-corrected chi connectivity index (χ3v) is 5.36. The number of phenols is 2. The van der Waals surface area contributed by atoms with Crippen LogP contribution in [-0.4, -0.2) is 31.3 Å². The molecule has 0 aliphatic carbocycles. The Hall–Kier alpha value is -4.22. The molecule has 0 amide bonds. The summed E-state index contributed by atoms with van der Waals surface area (Å²) in [5.74, 6) is -2.00. The van der Waals surface area contributed by atoms with Gasteiger partial charge in [0.15, 0.2) is 5.58 Å². The second-order valence-electron chi connectivity index (χ2n) is 6.58. The van der Waals surface area contributed by atoms with E-state index in [9.17, 15) is 30.4 Å². The summed E-state index contributed by atoms with van der Waals surface area (Å²) in [6, 6.07) is 10.4. The molecule has 11 nitrogen and oxygen atoms in total. The predicted molar refractivity (Wildman–Crippen MR) is 120 cm³/mol. The fourth-order valence-corrected chi connectivity index (χ4v) is 3.37. The van der Waals surface area contributed by atoms with Gasteiger partial charge in [-0.05, 0) is 30.3 Å². The normalized spacial score (nSPS) is 11.3. The van der Waals surface area contributed by atoms with Gasteiger partial charge in [0.1, 0.15) is 5.52 Å². The first-order chi connectivity index (χ1) is 15.7. The number of nitro benzene ring substituents is 2. The summed E-state index contributed by atoms with van der Waals surface area (Å²) < 4.78 is 5.70. The number of phenolic OH excluding ortho intramolecular Hbond substituents is 2. The molecule has 0 unspecified atom stereocenters. The number of aliphatic imine (C=N–C) groups is 1. The lowest BCUT2D eigenvalue weighted by molar-refractivity contribution is -0.396. The topological polar surface area (TPSA) is 165 Å². The Morgan fingerprint density at radius 3 is 2.48 bits per heavy atom. The standard InChI is InChI=1S/C20H10Cl2N4O7/c21-12-3-1-2-11(16(12)22)20-24-13-7-10(4-5-15(13)33-20)23-8-9-6-14(25(29)30)19(28)17(18(9)27)26(31)32/h1-8,27-28H. The highest BCUT2D eigenvalue weighted by atomic mass is 35.5. The second kappa shape index (κ2) is 8.37. The van der Waals surface area contributed by atoms with Gasteiger partial charge >= 0.3 is 11.4 Å². The minimum atomic E-state index is -1.25. The summed E-state index contributed by atoms with van der Waals surface area (Å²) in [5, 5.41) is 42.7. The monoisotopic (exact) mass is 488 g/mol. The zero-order chi connectivity index (χ0) is 23.9. The van der Waals surface area contributed by atoms with Crippen LogP contribution in [0, 0.1) is 20.2 Å². The summed E-state index contributed by atoms with van der Waals surface area (Å²) in [5.41, 5.74) is -0.868. The molecule has 33 heavy (non-hydrogen) atoms. The molecule has 1 aromatic heterocycles. The minimum absolute atomic E-state index is 0.223. The fourth-order valence-electron chi connectivity index (χ4n) is 2.99. The van der Waals surface area contributed by atoms with E-state index in [1.165, 1.54) is 12.1 Å². The number of hydrogen-bond acceptors (Lipinski definition) is 9. The van der Waals surface area contributed by atoms with Crippen molar-refractivity contribution in [2.24, 2.45) is 4.99 Å². The van der Waals surface area contributed by atoms with Crippen LogP contribution in [0.2, 0.25) is 10.0 Å². The fraction of sp³-hybridized carbons (Fsp3) is 0. The molecule has 0 radical (unpaired) electrons. The maximum Gasteiger partial charge on any atom is 0.359 e. The van der Waals surface area contributed by atoms with Crippen molar-refractivity contribution in [2.75, 3.05) is 0 Å². The Morgan fingerprint density at radius 2 is 1.79 bits per heavy atom. The van der Waals surface area contributed by atoms with Gasteiger partial charge in [-0.15, -0.1) is 0 Å². The molecule has 0 bridgehead atoms. The molecule has 13 heteroatoms. The van der Waals surface area contributed by atoms with E-state index in [2.05, 4.69) is 9.98 Å². The maximum absolute atomic E-state index is 11.1. The molecular weight excluding hydrogens is 479 g/mol. The predicted octanol–water partition coefficient (Wildman–Crippen LogP) is 5.78. The number of rotatable bonds is 5. The molecule has 2 N–H and O–H groups in total. The van der Waals surface area contributed by atoms with Crippen LogP contribution in [0.5, 0.6) is 11.5 Å². The van der Waals surface area contributed by atoms with Crippen molar-refractivity contribution in [1.29, 1.82) is 0 Å². The smallest absolute Gasteiger partial charge is 0.359 e. The van der Waals surface area contributed by atoms with Crippen LogP contribution >= 0.6 is 23.2 Å².